The Balaban J connectivity index is 1.66. The van der Waals surface area contributed by atoms with Gasteiger partial charge in [-0.3, -0.25) is 4.79 Å². The van der Waals surface area contributed by atoms with Crippen LogP contribution in [-0.4, -0.2) is 38.3 Å². The fourth-order valence-electron chi connectivity index (χ4n) is 2.82. The molecule has 0 aliphatic rings. The molecule has 0 atom stereocenters. The SMILES string of the molecule is Cc1cc(C)cc(-n2nc(C(=O)NCCc3nc(C(=O)O)cs3)cc2C)c1. The molecule has 7 nitrogen and oxygen atoms in total. The van der Waals surface area contributed by atoms with Crippen molar-refractivity contribution in [2.24, 2.45) is 0 Å². The topological polar surface area (TPSA) is 97.1 Å². The predicted octanol–water partition coefficient (Wildman–Crippen LogP) is 2.92. The first kappa shape index (κ1) is 18.8. The second kappa shape index (κ2) is 7.71. The van der Waals surface area contributed by atoms with Gasteiger partial charge in [0.15, 0.2) is 11.4 Å². The summed E-state index contributed by atoms with van der Waals surface area (Å²) >= 11 is 1.27. The summed E-state index contributed by atoms with van der Waals surface area (Å²) in [7, 11) is 0. The van der Waals surface area contributed by atoms with Gasteiger partial charge in [-0.25, -0.2) is 14.5 Å². The maximum absolute atomic E-state index is 12.4. The Hall–Kier alpha value is -3.00. The summed E-state index contributed by atoms with van der Waals surface area (Å²) in [6.45, 7) is 6.32. The van der Waals surface area contributed by atoms with Crippen molar-refractivity contribution >= 4 is 23.2 Å². The average molecular weight is 384 g/mol. The van der Waals surface area contributed by atoms with Gasteiger partial charge in [-0.1, -0.05) is 6.07 Å². The highest BCUT2D eigenvalue weighted by Gasteiger charge is 2.14. The van der Waals surface area contributed by atoms with E-state index in [1.54, 1.807) is 10.7 Å². The van der Waals surface area contributed by atoms with Crippen LogP contribution in [-0.2, 0) is 6.42 Å². The van der Waals surface area contributed by atoms with Gasteiger partial charge in [0.2, 0.25) is 0 Å². The largest absolute Gasteiger partial charge is 0.476 e. The number of aromatic carboxylic acids is 1. The quantitative estimate of drug-likeness (QED) is 0.681. The molecule has 1 aromatic carbocycles. The molecule has 0 aliphatic carbocycles. The molecular weight excluding hydrogens is 364 g/mol. The number of thiazole rings is 1. The summed E-state index contributed by atoms with van der Waals surface area (Å²) in [5.74, 6) is -1.31. The maximum atomic E-state index is 12.4. The van der Waals surface area contributed by atoms with Crippen LogP contribution >= 0.6 is 11.3 Å². The van der Waals surface area contributed by atoms with Crippen LogP contribution < -0.4 is 5.32 Å². The Morgan fingerprint density at radius 1 is 1.11 bits per heavy atom. The fraction of sp³-hybridized carbons (Fsp3) is 0.263. The van der Waals surface area contributed by atoms with E-state index in [0.717, 1.165) is 22.5 Å². The Labute approximate surface area is 160 Å². The molecule has 0 fully saturated rings. The number of carboxylic acid groups (broad SMARTS) is 1. The second-order valence-corrected chi connectivity index (χ2v) is 7.31. The first-order valence-electron chi connectivity index (χ1n) is 8.44. The molecule has 0 radical (unpaired) electrons. The number of aryl methyl sites for hydroxylation is 3. The number of nitrogens with zero attached hydrogens (tertiary/aromatic N) is 3. The van der Waals surface area contributed by atoms with E-state index in [4.69, 9.17) is 5.11 Å². The summed E-state index contributed by atoms with van der Waals surface area (Å²) in [5, 5.41) is 18.3. The molecule has 8 heteroatoms. The highest BCUT2D eigenvalue weighted by Crippen LogP contribution is 2.16. The third-order valence-corrected chi connectivity index (χ3v) is 4.87. The number of hydrogen-bond acceptors (Lipinski definition) is 5. The molecule has 0 bridgehead atoms. The molecule has 1 amide bonds. The van der Waals surface area contributed by atoms with Crippen LogP contribution in [0.2, 0.25) is 0 Å². The lowest BCUT2D eigenvalue weighted by atomic mass is 10.1. The highest BCUT2D eigenvalue weighted by atomic mass is 32.1. The van der Waals surface area contributed by atoms with Crippen LogP contribution in [0.5, 0.6) is 0 Å². The first-order valence-corrected chi connectivity index (χ1v) is 9.32. The third-order valence-electron chi connectivity index (χ3n) is 3.97. The molecule has 0 saturated heterocycles. The molecule has 2 N–H and O–H groups in total. The molecule has 2 aromatic heterocycles. The van der Waals surface area contributed by atoms with Gasteiger partial charge in [0.05, 0.1) is 10.7 Å². The van der Waals surface area contributed by atoms with Gasteiger partial charge in [0.1, 0.15) is 0 Å². The minimum absolute atomic E-state index is 0.0316. The van der Waals surface area contributed by atoms with Crippen molar-refractivity contribution in [3.05, 3.63) is 62.9 Å². The van der Waals surface area contributed by atoms with Gasteiger partial charge < -0.3 is 10.4 Å². The number of hydrogen-bond donors (Lipinski definition) is 2. The van der Waals surface area contributed by atoms with E-state index in [0.29, 0.717) is 23.7 Å². The minimum Gasteiger partial charge on any atom is -0.476 e. The average Bonchev–Trinajstić information content (AvgIpc) is 3.21. The lowest BCUT2D eigenvalue weighted by molar-refractivity contribution is 0.0690. The zero-order valence-electron chi connectivity index (χ0n) is 15.3. The molecule has 0 unspecified atom stereocenters. The van der Waals surface area contributed by atoms with Gasteiger partial charge in [0.25, 0.3) is 5.91 Å². The number of benzene rings is 1. The Morgan fingerprint density at radius 2 is 1.81 bits per heavy atom. The van der Waals surface area contributed by atoms with Crippen molar-refractivity contribution in [3.8, 4) is 5.69 Å². The normalized spacial score (nSPS) is 10.8. The number of carbonyl (C=O) groups is 2. The van der Waals surface area contributed by atoms with Crippen molar-refractivity contribution in [1.29, 1.82) is 0 Å². The minimum atomic E-state index is -1.05. The molecule has 27 heavy (non-hydrogen) atoms. The van der Waals surface area contributed by atoms with Crippen molar-refractivity contribution in [2.45, 2.75) is 27.2 Å². The van der Waals surface area contributed by atoms with Gasteiger partial charge in [-0.2, -0.15) is 5.10 Å². The van der Waals surface area contributed by atoms with E-state index in [1.807, 2.05) is 32.9 Å². The van der Waals surface area contributed by atoms with E-state index >= 15 is 0 Å². The van der Waals surface area contributed by atoms with E-state index in [9.17, 15) is 9.59 Å². The summed E-state index contributed by atoms with van der Waals surface area (Å²) in [5.41, 5.74) is 4.44. The number of carbonyl (C=O) groups excluding carboxylic acids is 1. The third kappa shape index (κ3) is 4.40. The fourth-order valence-corrected chi connectivity index (χ4v) is 3.59. The van der Waals surface area contributed by atoms with Crippen LogP contribution in [0.3, 0.4) is 0 Å². The van der Waals surface area contributed by atoms with Crippen LogP contribution in [0.4, 0.5) is 0 Å². The summed E-state index contributed by atoms with van der Waals surface area (Å²) in [6, 6.07) is 7.89. The Morgan fingerprint density at radius 3 is 2.44 bits per heavy atom. The number of carboxylic acids is 1. The molecule has 140 valence electrons. The number of aromatic nitrogens is 3. The first-order chi connectivity index (χ1) is 12.8. The van der Waals surface area contributed by atoms with Crippen molar-refractivity contribution < 1.29 is 14.7 Å². The van der Waals surface area contributed by atoms with Crippen molar-refractivity contribution in [2.75, 3.05) is 6.54 Å². The van der Waals surface area contributed by atoms with E-state index in [-0.39, 0.29) is 11.6 Å². The molecular formula is C19H20N4O3S. The molecule has 3 aromatic rings. The zero-order chi connectivity index (χ0) is 19.6. The lowest BCUT2D eigenvalue weighted by Crippen LogP contribution is -2.26. The molecule has 0 aliphatic heterocycles. The summed E-state index contributed by atoms with van der Waals surface area (Å²) < 4.78 is 1.76. The lowest BCUT2D eigenvalue weighted by Gasteiger charge is -2.07. The molecule has 3 rings (SSSR count). The Bertz CT molecular complexity index is 986. The smallest absolute Gasteiger partial charge is 0.355 e. The van der Waals surface area contributed by atoms with Gasteiger partial charge in [-0.05, 0) is 50.1 Å². The summed E-state index contributed by atoms with van der Waals surface area (Å²) in [4.78, 5) is 27.2. The van der Waals surface area contributed by atoms with Crippen molar-refractivity contribution in [1.82, 2.24) is 20.1 Å². The van der Waals surface area contributed by atoms with Crippen LogP contribution in [0.1, 0.15) is 42.8 Å². The summed E-state index contributed by atoms with van der Waals surface area (Å²) in [6.07, 6.45) is 0.473. The van der Waals surface area contributed by atoms with E-state index in [2.05, 4.69) is 21.5 Å². The van der Waals surface area contributed by atoms with Crippen LogP contribution in [0.15, 0.2) is 29.6 Å². The second-order valence-electron chi connectivity index (χ2n) is 6.37. The van der Waals surface area contributed by atoms with Crippen LogP contribution in [0, 0.1) is 20.8 Å². The number of amides is 1. The van der Waals surface area contributed by atoms with Gasteiger partial charge in [0, 0.05) is 24.0 Å². The number of rotatable bonds is 6. The Kier molecular flexibility index (Phi) is 5.36. The zero-order valence-corrected chi connectivity index (χ0v) is 16.1. The monoisotopic (exact) mass is 384 g/mol. The van der Waals surface area contributed by atoms with Crippen LogP contribution in [0.25, 0.3) is 5.69 Å². The predicted molar refractivity (Wildman–Crippen MR) is 103 cm³/mol. The van der Waals surface area contributed by atoms with E-state index in [1.165, 1.54) is 16.7 Å². The van der Waals surface area contributed by atoms with E-state index < -0.39 is 5.97 Å². The molecule has 0 saturated carbocycles. The maximum Gasteiger partial charge on any atom is 0.355 e. The van der Waals surface area contributed by atoms with Gasteiger partial charge in [-0.15, -0.1) is 11.3 Å². The highest BCUT2D eigenvalue weighted by molar-refractivity contribution is 7.09. The van der Waals surface area contributed by atoms with Gasteiger partial charge >= 0.3 is 5.97 Å². The molecule has 0 spiro atoms. The standard InChI is InChI=1S/C19H20N4O3S/c1-11-6-12(2)8-14(7-11)23-13(3)9-15(22-23)18(24)20-5-4-17-21-16(10-27-17)19(25)26/h6-10H,4-5H2,1-3H3,(H,20,24)(H,25,26). The van der Waals surface area contributed by atoms with Crippen molar-refractivity contribution in [3.63, 3.8) is 0 Å². The number of nitrogens with one attached hydrogen (secondary N) is 1. The molecule has 2 heterocycles.